The molecule has 2 aromatic heterocycles. The molecule has 1 saturated heterocycles. The first-order valence-electron chi connectivity index (χ1n) is 9.09. The number of aryl methyl sites for hydroxylation is 1. The number of piperidine rings is 1. The summed E-state index contributed by atoms with van der Waals surface area (Å²) < 4.78 is 5.90. The van der Waals surface area contributed by atoms with Crippen LogP contribution in [0.25, 0.3) is 17.0 Å². The summed E-state index contributed by atoms with van der Waals surface area (Å²) in [4.78, 5) is 18.8. The van der Waals surface area contributed by atoms with Gasteiger partial charge in [-0.25, -0.2) is 4.98 Å². The Balaban J connectivity index is 1.53. The number of fused-ring (bicyclic) bond motifs is 1. The van der Waals surface area contributed by atoms with Crippen molar-refractivity contribution in [1.29, 1.82) is 0 Å². The normalized spacial score (nSPS) is 18.0. The predicted octanol–water partition coefficient (Wildman–Crippen LogP) is 3.53. The van der Waals surface area contributed by atoms with E-state index in [4.69, 9.17) is 4.42 Å². The second-order valence-corrected chi connectivity index (χ2v) is 6.62. The molecule has 1 atom stereocenters. The number of carbonyl (C=O) groups is 1. The number of hydrogen-bond acceptors (Lipinski definition) is 4. The average Bonchev–Trinajstić information content (AvgIpc) is 3.34. The van der Waals surface area contributed by atoms with Crippen LogP contribution in [0.2, 0.25) is 0 Å². The van der Waals surface area contributed by atoms with Crippen molar-refractivity contribution in [2.45, 2.75) is 32.1 Å². The van der Waals surface area contributed by atoms with Crippen LogP contribution in [0.5, 0.6) is 0 Å². The molecule has 0 radical (unpaired) electrons. The summed E-state index contributed by atoms with van der Waals surface area (Å²) in [7, 11) is 0. The molecule has 134 valence electrons. The largest absolute Gasteiger partial charge is 0.460 e. The van der Waals surface area contributed by atoms with Gasteiger partial charge in [0.1, 0.15) is 23.5 Å². The average molecular weight is 350 g/mol. The third kappa shape index (κ3) is 3.14. The molecule has 0 bridgehead atoms. The number of amides is 1. The lowest BCUT2D eigenvalue weighted by Gasteiger charge is -2.30. The van der Waals surface area contributed by atoms with E-state index in [0.717, 1.165) is 53.9 Å². The van der Waals surface area contributed by atoms with Gasteiger partial charge < -0.3 is 9.32 Å². The second-order valence-electron chi connectivity index (χ2n) is 6.62. The number of nitrogens with one attached hydrogen (secondary N) is 1. The zero-order valence-corrected chi connectivity index (χ0v) is 14.8. The van der Waals surface area contributed by atoms with Gasteiger partial charge in [-0.3, -0.25) is 9.89 Å². The first kappa shape index (κ1) is 16.6. The lowest BCUT2D eigenvalue weighted by molar-refractivity contribution is -0.127. The first-order valence-corrected chi connectivity index (χ1v) is 9.09. The van der Waals surface area contributed by atoms with Crippen LogP contribution in [0.15, 0.2) is 41.1 Å². The summed E-state index contributed by atoms with van der Waals surface area (Å²) in [5.74, 6) is 2.03. The smallest absolute Gasteiger partial charge is 0.246 e. The highest BCUT2D eigenvalue weighted by atomic mass is 16.3. The van der Waals surface area contributed by atoms with E-state index in [1.807, 2.05) is 35.2 Å². The van der Waals surface area contributed by atoms with Gasteiger partial charge in [0.25, 0.3) is 0 Å². The Morgan fingerprint density at radius 1 is 1.42 bits per heavy atom. The van der Waals surface area contributed by atoms with E-state index in [-0.39, 0.29) is 11.8 Å². The highest BCUT2D eigenvalue weighted by Gasteiger charge is 2.25. The number of likely N-dealkylation sites (tertiary alicyclic amines) is 1. The molecule has 26 heavy (non-hydrogen) atoms. The minimum Gasteiger partial charge on any atom is -0.460 e. The molecule has 1 N–H and O–H groups in total. The van der Waals surface area contributed by atoms with Crippen LogP contribution >= 0.6 is 0 Å². The number of nitrogens with zero attached hydrogens (tertiary/aromatic N) is 3. The fraction of sp³-hybridized carbons (Fsp3) is 0.350. The summed E-state index contributed by atoms with van der Waals surface area (Å²) in [6.07, 6.45) is 7.87. The van der Waals surface area contributed by atoms with Crippen molar-refractivity contribution in [3.8, 4) is 0 Å². The number of hydrogen-bond donors (Lipinski definition) is 1. The highest BCUT2D eigenvalue weighted by molar-refractivity contribution is 5.96. The highest BCUT2D eigenvalue weighted by Crippen LogP contribution is 2.28. The van der Waals surface area contributed by atoms with Gasteiger partial charge in [-0.1, -0.05) is 25.1 Å². The second kappa shape index (κ2) is 7.15. The van der Waals surface area contributed by atoms with E-state index in [1.54, 1.807) is 6.08 Å². The van der Waals surface area contributed by atoms with Gasteiger partial charge in [-0.2, -0.15) is 5.10 Å². The van der Waals surface area contributed by atoms with Crippen LogP contribution in [0, 0.1) is 0 Å². The number of aromatic amines is 1. The quantitative estimate of drug-likeness (QED) is 0.731. The molecule has 4 rings (SSSR count). The number of rotatable bonds is 4. The Kier molecular flexibility index (Phi) is 4.56. The van der Waals surface area contributed by atoms with E-state index >= 15 is 0 Å². The van der Waals surface area contributed by atoms with Crippen molar-refractivity contribution in [3.05, 3.63) is 53.8 Å². The zero-order chi connectivity index (χ0) is 17.9. The molecule has 1 amide bonds. The Morgan fingerprint density at radius 2 is 2.31 bits per heavy atom. The topological polar surface area (TPSA) is 75.0 Å². The van der Waals surface area contributed by atoms with Gasteiger partial charge in [-0.15, -0.1) is 0 Å². The van der Waals surface area contributed by atoms with Crippen LogP contribution in [-0.4, -0.2) is 39.1 Å². The fourth-order valence-corrected chi connectivity index (χ4v) is 3.63. The monoisotopic (exact) mass is 350 g/mol. The van der Waals surface area contributed by atoms with Crippen LogP contribution in [-0.2, 0) is 11.2 Å². The van der Waals surface area contributed by atoms with Gasteiger partial charge in [0.05, 0.1) is 0 Å². The fourth-order valence-electron chi connectivity index (χ4n) is 3.63. The molecular formula is C20H22N4O2. The van der Waals surface area contributed by atoms with Gasteiger partial charge in [0.2, 0.25) is 5.91 Å². The van der Waals surface area contributed by atoms with Crippen molar-refractivity contribution in [3.63, 3.8) is 0 Å². The molecular weight excluding hydrogens is 328 g/mol. The maximum absolute atomic E-state index is 12.7. The van der Waals surface area contributed by atoms with Crippen molar-refractivity contribution < 1.29 is 9.21 Å². The molecule has 1 aromatic carbocycles. The summed E-state index contributed by atoms with van der Waals surface area (Å²) in [5.41, 5.74) is 1.86. The van der Waals surface area contributed by atoms with E-state index in [1.165, 1.54) is 6.33 Å². The summed E-state index contributed by atoms with van der Waals surface area (Å²) in [6.45, 7) is 3.51. The van der Waals surface area contributed by atoms with E-state index in [9.17, 15) is 4.79 Å². The SMILES string of the molecule is CCc1oc2ccccc2c1/C=C/C(=O)N1CCCC(c2ncn[nH]2)C1. The maximum atomic E-state index is 12.7. The minimum absolute atomic E-state index is 0.0292. The van der Waals surface area contributed by atoms with Crippen molar-refractivity contribution >= 4 is 23.0 Å². The third-order valence-corrected chi connectivity index (χ3v) is 4.98. The van der Waals surface area contributed by atoms with Crippen LogP contribution in [0.4, 0.5) is 0 Å². The molecule has 1 unspecified atom stereocenters. The molecule has 3 heterocycles. The standard InChI is InChI=1S/C20H22N4O2/c1-2-17-16(15-7-3-4-8-18(15)26-17)9-10-19(25)24-11-5-6-14(12-24)20-21-13-22-23-20/h3-4,7-10,13-14H,2,5-6,11-12H2,1H3,(H,21,22,23)/b10-9+. The maximum Gasteiger partial charge on any atom is 0.246 e. The number of carbonyl (C=O) groups excluding carboxylic acids is 1. The summed E-state index contributed by atoms with van der Waals surface area (Å²) in [6, 6.07) is 7.94. The molecule has 0 saturated carbocycles. The van der Waals surface area contributed by atoms with Crippen molar-refractivity contribution in [2.75, 3.05) is 13.1 Å². The molecule has 1 aliphatic heterocycles. The Hall–Kier alpha value is -2.89. The minimum atomic E-state index is 0.0292. The molecule has 6 heteroatoms. The van der Waals surface area contributed by atoms with Crippen LogP contribution < -0.4 is 0 Å². The lowest BCUT2D eigenvalue weighted by Crippen LogP contribution is -2.38. The van der Waals surface area contributed by atoms with Crippen molar-refractivity contribution in [2.24, 2.45) is 0 Å². The third-order valence-electron chi connectivity index (χ3n) is 4.98. The van der Waals surface area contributed by atoms with Gasteiger partial charge in [0, 0.05) is 42.5 Å². The van der Waals surface area contributed by atoms with E-state index < -0.39 is 0 Å². The molecule has 3 aromatic rings. The zero-order valence-electron chi connectivity index (χ0n) is 14.8. The molecule has 6 nitrogen and oxygen atoms in total. The number of H-pyrrole nitrogens is 1. The molecule has 0 spiro atoms. The Bertz CT molecular complexity index is 927. The Labute approximate surface area is 151 Å². The van der Waals surface area contributed by atoms with Crippen LogP contribution in [0.1, 0.15) is 42.8 Å². The van der Waals surface area contributed by atoms with Gasteiger partial charge in [-0.05, 0) is 25.0 Å². The number of furan rings is 1. The van der Waals surface area contributed by atoms with Crippen LogP contribution in [0.3, 0.4) is 0 Å². The molecule has 0 aliphatic carbocycles. The molecule has 1 aliphatic rings. The number of aromatic nitrogens is 3. The number of para-hydroxylation sites is 1. The van der Waals surface area contributed by atoms with Crippen molar-refractivity contribution in [1.82, 2.24) is 20.1 Å². The van der Waals surface area contributed by atoms with E-state index in [2.05, 4.69) is 22.1 Å². The predicted molar refractivity (Wildman–Crippen MR) is 99.6 cm³/mol. The molecule has 1 fully saturated rings. The Morgan fingerprint density at radius 3 is 3.12 bits per heavy atom. The lowest BCUT2D eigenvalue weighted by atomic mass is 9.97. The van der Waals surface area contributed by atoms with Gasteiger partial charge >= 0.3 is 0 Å². The number of benzene rings is 1. The van der Waals surface area contributed by atoms with Gasteiger partial charge in [0.15, 0.2) is 0 Å². The first-order chi connectivity index (χ1) is 12.8. The summed E-state index contributed by atoms with van der Waals surface area (Å²) in [5, 5.41) is 7.90. The summed E-state index contributed by atoms with van der Waals surface area (Å²) >= 11 is 0. The van der Waals surface area contributed by atoms with E-state index in [0.29, 0.717) is 6.54 Å².